The number of piperidine rings is 1. The maximum absolute atomic E-state index is 6.08. The van der Waals surface area contributed by atoms with Gasteiger partial charge in [0, 0.05) is 30.7 Å². The number of thiazole rings is 1. The summed E-state index contributed by atoms with van der Waals surface area (Å²) in [6, 6.07) is 0.230. The Morgan fingerprint density at radius 2 is 2.00 bits per heavy atom. The minimum atomic E-state index is 0.230. The van der Waals surface area contributed by atoms with E-state index in [1.54, 1.807) is 11.3 Å². The quantitative estimate of drug-likeness (QED) is 0.856. The van der Waals surface area contributed by atoms with Crippen molar-refractivity contribution in [3.63, 3.8) is 0 Å². The van der Waals surface area contributed by atoms with Crippen LogP contribution in [0.4, 0.5) is 0 Å². The molecule has 0 spiro atoms. The third-order valence-corrected chi connectivity index (χ3v) is 5.51. The van der Waals surface area contributed by atoms with E-state index in [2.05, 4.69) is 20.1 Å². The summed E-state index contributed by atoms with van der Waals surface area (Å²) in [4.78, 5) is 6.85. The molecule has 0 bridgehead atoms. The smallest absolute Gasteiger partial charge is 0.233 e. The molecule has 2 aliphatic rings. The fourth-order valence-corrected chi connectivity index (χ4v) is 4.10. The largest absolute Gasteiger partial charge is 0.423 e. The molecule has 2 aromatic rings. The fraction of sp³-hybridized carbons (Fsp3) is 0.688. The lowest BCUT2D eigenvalue weighted by Gasteiger charge is -2.32. The highest BCUT2D eigenvalue weighted by atomic mass is 32.1. The van der Waals surface area contributed by atoms with Crippen molar-refractivity contribution in [2.75, 3.05) is 19.8 Å². The van der Waals surface area contributed by atoms with E-state index in [0.29, 0.717) is 5.92 Å². The highest BCUT2D eigenvalue weighted by molar-refractivity contribution is 7.09. The molecule has 2 aromatic heterocycles. The molecule has 1 unspecified atom stereocenters. The Morgan fingerprint density at radius 3 is 2.83 bits per heavy atom. The molecule has 0 N–H and O–H groups in total. The van der Waals surface area contributed by atoms with Crippen LogP contribution in [0, 0.1) is 0 Å². The van der Waals surface area contributed by atoms with Crippen molar-refractivity contribution in [3.05, 3.63) is 28.4 Å². The van der Waals surface area contributed by atoms with Gasteiger partial charge < -0.3 is 9.15 Å². The summed E-state index contributed by atoms with van der Waals surface area (Å²) in [7, 11) is 0. The lowest BCUT2D eigenvalue weighted by atomic mass is 10.0. The molecule has 4 heterocycles. The Kier molecular flexibility index (Phi) is 4.68. The summed E-state index contributed by atoms with van der Waals surface area (Å²) in [5.74, 6) is 1.94. The minimum Gasteiger partial charge on any atom is -0.423 e. The molecule has 2 fully saturated rings. The van der Waals surface area contributed by atoms with Crippen molar-refractivity contribution in [1.82, 2.24) is 20.1 Å². The van der Waals surface area contributed by atoms with Gasteiger partial charge in [-0.15, -0.1) is 21.5 Å². The molecule has 1 atom stereocenters. The van der Waals surface area contributed by atoms with Crippen molar-refractivity contribution in [3.8, 4) is 0 Å². The maximum Gasteiger partial charge on any atom is 0.233 e. The summed E-state index contributed by atoms with van der Waals surface area (Å²) in [6.07, 6.45) is 7.36. The first-order valence-corrected chi connectivity index (χ1v) is 9.31. The van der Waals surface area contributed by atoms with E-state index < -0.39 is 0 Å². The first kappa shape index (κ1) is 15.2. The first-order chi connectivity index (χ1) is 11.4. The Balaban J connectivity index is 1.49. The molecule has 124 valence electrons. The molecule has 0 aliphatic carbocycles. The van der Waals surface area contributed by atoms with Crippen LogP contribution in [0.5, 0.6) is 0 Å². The number of hydrogen-bond acceptors (Lipinski definition) is 7. The van der Waals surface area contributed by atoms with E-state index in [9.17, 15) is 0 Å². The van der Waals surface area contributed by atoms with Crippen LogP contribution in [-0.4, -0.2) is 39.8 Å². The number of ether oxygens (including phenoxy) is 1. The van der Waals surface area contributed by atoms with Crippen LogP contribution in [0.2, 0.25) is 0 Å². The van der Waals surface area contributed by atoms with Gasteiger partial charge in [0.05, 0.1) is 12.6 Å². The van der Waals surface area contributed by atoms with Crippen LogP contribution in [0.1, 0.15) is 60.9 Å². The van der Waals surface area contributed by atoms with Gasteiger partial charge in [0.15, 0.2) is 0 Å². The second-order valence-electron chi connectivity index (χ2n) is 6.27. The van der Waals surface area contributed by atoms with Crippen LogP contribution in [0.15, 0.2) is 16.0 Å². The zero-order valence-corrected chi connectivity index (χ0v) is 14.0. The molecule has 0 radical (unpaired) electrons. The molecule has 7 heteroatoms. The van der Waals surface area contributed by atoms with Crippen molar-refractivity contribution in [1.29, 1.82) is 0 Å². The number of rotatable bonds is 4. The van der Waals surface area contributed by atoms with Crippen LogP contribution in [-0.2, 0) is 11.3 Å². The van der Waals surface area contributed by atoms with Gasteiger partial charge in [-0.2, -0.15) is 0 Å². The van der Waals surface area contributed by atoms with Crippen molar-refractivity contribution >= 4 is 11.3 Å². The molecule has 2 aliphatic heterocycles. The monoisotopic (exact) mass is 334 g/mol. The van der Waals surface area contributed by atoms with Crippen molar-refractivity contribution in [2.45, 2.75) is 50.6 Å². The summed E-state index contributed by atoms with van der Waals surface area (Å²) in [5, 5.41) is 11.9. The number of likely N-dealkylation sites (tertiary alicyclic amines) is 1. The van der Waals surface area contributed by atoms with Gasteiger partial charge in [0.1, 0.15) is 5.01 Å². The minimum absolute atomic E-state index is 0.230. The zero-order chi connectivity index (χ0) is 15.5. The van der Waals surface area contributed by atoms with Crippen molar-refractivity contribution < 1.29 is 9.15 Å². The topological polar surface area (TPSA) is 64.3 Å². The van der Waals surface area contributed by atoms with Gasteiger partial charge in [-0.3, -0.25) is 4.90 Å². The van der Waals surface area contributed by atoms with Gasteiger partial charge in [0.25, 0.3) is 0 Å². The normalized spacial score (nSPS) is 24.1. The molecule has 6 nitrogen and oxygen atoms in total. The van der Waals surface area contributed by atoms with Crippen LogP contribution < -0.4 is 0 Å². The summed E-state index contributed by atoms with van der Waals surface area (Å²) < 4.78 is 11.5. The third-order valence-electron chi connectivity index (χ3n) is 4.75. The standard InChI is InChI=1S/C16H22N4O2S/c1-2-7-20(11-14-17-6-10-23-14)13(3-1)16-19-18-15(22-16)12-4-8-21-9-5-12/h6,10,12-13H,1-5,7-9,11H2. The summed E-state index contributed by atoms with van der Waals surface area (Å²) in [5.41, 5.74) is 0. The van der Waals surface area contributed by atoms with Gasteiger partial charge in [-0.1, -0.05) is 6.42 Å². The second kappa shape index (κ2) is 7.07. The van der Waals surface area contributed by atoms with Gasteiger partial charge in [-0.25, -0.2) is 4.98 Å². The SMILES string of the molecule is c1csc(CN2CCCCC2c2nnc(C3CCOCC3)o2)n1. The lowest BCUT2D eigenvalue weighted by Crippen LogP contribution is -2.33. The van der Waals surface area contributed by atoms with E-state index >= 15 is 0 Å². The van der Waals surface area contributed by atoms with Crippen LogP contribution in [0.25, 0.3) is 0 Å². The van der Waals surface area contributed by atoms with E-state index in [1.165, 1.54) is 12.8 Å². The zero-order valence-electron chi connectivity index (χ0n) is 13.2. The average molecular weight is 334 g/mol. The lowest BCUT2D eigenvalue weighted by molar-refractivity contribution is 0.0768. The highest BCUT2D eigenvalue weighted by Gasteiger charge is 2.30. The number of hydrogen-bond donors (Lipinski definition) is 0. The average Bonchev–Trinajstić information content (AvgIpc) is 3.28. The summed E-state index contributed by atoms with van der Waals surface area (Å²) >= 11 is 1.71. The Hall–Kier alpha value is -1.31. The molecular weight excluding hydrogens is 312 g/mol. The molecule has 0 saturated carbocycles. The fourth-order valence-electron chi connectivity index (χ4n) is 3.46. The van der Waals surface area contributed by atoms with Crippen molar-refractivity contribution in [2.24, 2.45) is 0 Å². The Morgan fingerprint density at radius 1 is 1.13 bits per heavy atom. The molecule has 2 saturated heterocycles. The molecule has 23 heavy (non-hydrogen) atoms. The third kappa shape index (κ3) is 3.46. The maximum atomic E-state index is 6.08. The van der Waals surface area contributed by atoms with Gasteiger partial charge in [0.2, 0.25) is 11.8 Å². The Labute approximate surface area is 139 Å². The van der Waals surface area contributed by atoms with Gasteiger partial charge >= 0.3 is 0 Å². The van der Waals surface area contributed by atoms with E-state index in [-0.39, 0.29) is 6.04 Å². The molecule has 4 rings (SSSR count). The summed E-state index contributed by atoms with van der Waals surface area (Å²) in [6.45, 7) is 3.53. The van der Waals surface area contributed by atoms with E-state index in [0.717, 1.165) is 62.4 Å². The first-order valence-electron chi connectivity index (χ1n) is 8.43. The van der Waals surface area contributed by atoms with E-state index in [1.807, 2.05) is 11.6 Å². The number of nitrogens with zero attached hydrogens (tertiary/aromatic N) is 4. The predicted molar refractivity (Wildman–Crippen MR) is 86.2 cm³/mol. The molecule has 0 aromatic carbocycles. The predicted octanol–water partition coefficient (Wildman–Crippen LogP) is 3.15. The Bertz CT molecular complexity index is 609. The van der Waals surface area contributed by atoms with E-state index in [4.69, 9.17) is 9.15 Å². The molecular formula is C16H22N4O2S. The van der Waals surface area contributed by atoms with Crippen LogP contribution >= 0.6 is 11.3 Å². The van der Waals surface area contributed by atoms with Crippen LogP contribution in [0.3, 0.4) is 0 Å². The molecule has 0 amide bonds. The second-order valence-corrected chi connectivity index (χ2v) is 7.25. The highest BCUT2D eigenvalue weighted by Crippen LogP contribution is 2.33. The van der Waals surface area contributed by atoms with Gasteiger partial charge in [-0.05, 0) is 32.2 Å². The number of aromatic nitrogens is 3.